The van der Waals surface area contributed by atoms with Gasteiger partial charge >= 0.3 is 17.9 Å². The van der Waals surface area contributed by atoms with Crippen LogP contribution in [0.4, 0.5) is 5.69 Å². The Kier molecular flexibility index (Phi) is 5.94. The molecule has 0 radical (unpaired) electrons. The molecular weight excluding hydrogens is 294 g/mol. The number of benzene rings is 1. The first-order valence-corrected chi connectivity index (χ1v) is 5.99. The van der Waals surface area contributed by atoms with Crippen LogP contribution in [0.15, 0.2) is 30.0 Å². The highest BCUT2D eigenvalue weighted by Gasteiger charge is 2.20. The zero-order valence-corrected chi connectivity index (χ0v) is 12.2. The number of aromatic carboxylic acids is 1. The molecule has 0 aliphatic carbocycles. The molecule has 0 aliphatic rings. The van der Waals surface area contributed by atoms with E-state index in [1.165, 1.54) is 25.3 Å². The summed E-state index contributed by atoms with van der Waals surface area (Å²) in [6, 6.07) is 4.30. The first-order valence-electron chi connectivity index (χ1n) is 5.99. The summed E-state index contributed by atoms with van der Waals surface area (Å²) in [5, 5.41) is 11.7. The average molecular weight is 309 g/mol. The Morgan fingerprint density at radius 3 is 2.32 bits per heavy atom. The second-order valence-corrected chi connectivity index (χ2v) is 3.89. The van der Waals surface area contributed by atoms with Gasteiger partial charge in [0, 0.05) is 0 Å². The van der Waals surface area contributed by atoms with Crippen molar-refractivity contribution in [3.8, 4) is 5.75 Å². The van der Waals surface area contributed by atoms with E-state index in [4.69, 9.17) is 4.74 Å². The number of nitrogens with one attached hydrogen (secondary N) is 1. The van der Waals surface area contributed by atoms with Crippen LogP contribution in [0, 0.1) is 0 Å². The van der Waals surface area contributed by atoms with Crippen LogP contribution in [0.2, 0.25) is 0 Å². The lowest BCUT2D eigenvalue weighted by molar-refractivity contribution is -0.138. The molecule has 2 N–H and O–H groups in total. The molecule has 0 saturated heterocycles. The van der Waals surface area contributed by atoms with Gasteiger partial charge < -0.3 is 24.6 Å². The van der Waals surface area contributed by atoms with Gasteiger partial charge in [0.15, 0.2) is 0 Å². The molecule has 1 rings (SSSR count). The highest BCUT2D eigenvalue weighted by Crippen LogP contribution is 2.29. The first-order chi connectivity index (χ1) is 10.4. The number of carboxylic acids is 1. The van der Waals surface area contributed by atoms with E-state index in [0.717, 1.165) is 20.3 Å². The van der Waals surface area contributed by atoms with Crippen LogP contribution in [0.25, 0.3) is 0 Å². The molecule has 0 unspecified atom stereocenters. The molecule has 22 heavy (non-hydrogen) atoms. The predicted octanol–water partition coefficient (Wildman–Crippen LogP) is 1.04. The van der Waals surface area contributed by atoms with Gasteiger partial charge in [0.25, 0.3) is 0 Å². The van der Waals surface area contributed by atoms with E-state index < -0.39 is 17.9 Å². The topological polar surface area (TPSA) is 111 Å². The highest BCUT2D eigenvalue weighted by molar-refractivity contribution is 6.02. The molecule has 0 fully saturated rings. The van der Waals surface area contributed by atoms with Crippen LogP contribution in [-0.4, -0.2) is 44.3 Å². The molecule has 0 atom stereocenters. The molecular formula is C14H15NO7. The van der Waals surface area contributed by atoms with Gasteiger partial charge in [-0.1, -0.05) is 6.07 Å². The van der Waals surface area contributed by atoms with Crippen LogP contribution in [0.3, 0.4) is 0 Å². The fourth-order valence-corrected chi connectivity index (χ4v) is 1.58. The fourth-order valence-electron chi connectivity index (χ4n) is 1.58. The van der Waals surface area contributed by atoms with E-state index in [9.17, 15) is 19.5 Å². The van der Waals surface area contributed by atoms with Crippen LogP contribution in [0.1, 0.15) is 10.4 Å². The average Bonchev–Trinajstić information content (AvgIpc) is 2.52. The Bertz CT molecular complexity index is 622. The summed E-state index contributed by atoms with van der Waals surface area (Å²) in [5.74, 6) is -2.73. The largest absolute Gasteiger partial charge is 0.495 e. The second-order valence-electron chi connectivity index (χ2n) is 3.89. The second kappa shape index (κ2) is 7.67. The molecule has 1 aromatic rings. The minimum Gasteiger partial charge on any atom is -0.495 e. The summed E-state index contributed by atoms with van der Waals surface area (Å²) >= 11 is 0. The minimum atomic E-state index is -1.23. The van der Waals surface area contributed by atoms with Crippen molar-refractivity contribution < 1.29 is 33.7 Å². The van der Waals surface area contributed by atoms with E-state index in [1.807, 2.05) is 0 Å². The fraction of sp³-hybridized carbons (Fsp3) is 0.214. The molecule has 1 aromatic carbocycles. The minimum absolute atomic E-state index is 0.0121. The van der Waals surface area contributed by atoms with Gasteiger partial charge in [0.05, 0.1) is 38.7 Å². The third-order valence-electron chi connectivity index (χ3n) is 2.60. The van der Waals surface area contributed by atoms with E-state index in [-0.39, 0.29) is 22.7 Å². The number of carbonyl (C=O) groups excluding carboxylic acids is 2. The number of hydrogen-bond acceptors (Lipinski definition) is 7. The van der Waals surface area contributed by atoms with E-state index in [0.29, 0.717) is 0 Å². The van der Waals surface area contributed by atoms with Gasteiger partial charge in [-0.3, -0.25) is 0 Å². The number of anilines is 1. The maximum Gasteiger partial charge on any atom is 0.354 e. The summed E-state index contributed by atoms with van der Waals surface area (Å²) in [5.41, 5.74) is -0.418. The molecule has 8 heteroatoms. The van der Waals surface area contributed by atoms with Gasteiger partial charge in [-0.15, -0.1) is 0 Å². The monoisotopic (exact) mass is 309 g/mol. The van der Waals surface area contributed by atoms with Crippen molar-refractivity contribution in [3.05, 3.63) is 35.5 Å². The number of rotatable bonds is 6. The van der Waals surface area contributed by atoms with Gasteiger partial charge in [0.1, 0.15) is 11.4 Å². The lowest BCUT2D eigenvalue weighted by Crippen LogP contribution is -2.17. The molecule has 118 valence electrons. The normalized spacial score (nSPS) is 10.6. The maximum absolute atomic E-state index is 11.7. The number of ether oxygens (including phenoxy) is 3. The number of hydrogen-bond donors (Lipinski definition) is 2. The SMILES string of the molecule is COC(=O)/C=C(/Nc1c(OC)cccc1C(=O)O)C(=O)OC. The number of esters is 2. The number of carbonyl (C=O) groups is 3. The summed E-state index contributed by atoms with van der Waals surface area (Å²) in [4.78, 5) is 34.3. The number of carboxylic acid groups (broad SMARTS) is 1. The first kappa shape index (κ1) is 17.0. The third-order valence-corrected chi connectivity index (χ3v) is 2.60. The Balaban J connectivity index is 3.34. The van der Waals surface area contributed by atoms with E-state index >= 15 is 0 Å². The molecule has 0 heterocycles. The van der Waals surface area contributed by atoms with Crippen LogP contribution >= 0.6 is 0 Å². The van der Waals surface area contributed by atoms with Crippen molar-refractivity contribution in [1.29, 1.82) is 0 Å². The van der Waals surface area contributed by atoms with Crippen molar-refractivity contribution in [2.75, 3.05) is 26.6 Å². The lowest BCUT2D eigenvalue weighted by atomic mass is 10.1. The Hall–Kier alpha value is -3.03. The van der Waals surface area contributed by atoms with Crippen LogP contribution < -0.4 is 10.1 Å². The van der Waals surface area contributed by atoms with Crippen molar-refractivity contribution in [2.24, 2.45) is 0 Å². The zero-order valence-electron chi connectivity index (χ0n) is 12.2. The summed E-state index contributed by atoms with van der Waals surface area (Å²) < 4.78 is 14.0. The Labute approximate surface area is 126 Å². The standard InChI is InChI=1S/C14H15NO7/c1-20-10-6-4-5-8(13(17)18)12(10)15-9(14(19)22-3)7-11(16)21-2/h4-7,15H,1-3H3,(H,17,18)/b9-7+. The van der Waals surface area contributed by atoms with Crippen molar-refractivity contribution in [1.82, 2.24) is 0 Å². The molecule has 0 saturated carbocycles. The van der Waals surface area contributed by atoms with Crippen molar-refractivity contribution in [2.45, 2.75) is 0 Å². The van der Waals surface area contributed by atoms with Crippen molar-refractivity contribution >= 4 is 23.6 Å². The third kappa shape index (κ3) is 3.98. The summed E-state index contributed by atoms with van der Waals surface area (Å²) in [6.07, 6.45) is 0.851. The molecule has 0 bridgehead atoms. The predicted molar refractivity (Wildman–Crippen MR) is 75.7 cm³/mol. The Morgan fingerprint density at radius 1 is 1.14 bits per heavy atom. The molecule has 0 aromatic heterocycles. The quantitative estimate of drug-likeness (QED) is 0.592. The summed E-state index contributed by atoms with van der Waals surface area (Å²) in [6.45, 7) is 0. The molecule has 0 spiro atoms. The van der Waals surface area contributed by atoms with Gasteiger partial charge in [-0.2, -0.15) is 0 Å². The number of para-hydroxylation sites is 1. The molecule has 0 aliphatic heterocycles. The zero-order chi connectivity index (χ0) is 16.7. The summed E-state index contributed by atoms with van der Waals surface area (Å²) in [7, 11) is 3.60. The molecule has 0 amide bonds. The van der Waals surface area contributed by atoms with E-state index in [1.54, 1.807) is 0 Å². The van der Waals surface area contributed by atoms with Crippen LogP contribution in [-0.2, 0) is 19.1 Å². The van der Waals surface area contributed by atoms with Crippen LogP contribution in [0.5, 0.6) is 5.75 Å². The molecule has 8 nitrogen and oxygen atoms in total. The lowest BCUT2D eigenvalue weighted by Gasteiger charge is -2.14. The highest BCUT2D eigenvalue weighted by atomic mass is 16.5. The maximum atomic E-state index is 11.7. The van der Waals surface area contributed by atoms with E-state index in [2.05, 4.69) is 14.8 Å². The van der Waals surface area contributed by atoms with Gasteiger partial charge in [-0.25, -0.2) is 14.4 Å². The van der Waals surface area contributed by atoms with Gasteiger partial charge in [-0.05, 0) is 12.1 Å². The van der Waals surface area contributed by atoms with Gasteiger partial charge in [0.2, 0.25) is 0 Å². The Morgan fingerprint density at radius 2 is 1.82 bits per heavy atom. The smallest absolute Gasteiger partial charge is 0.354 e. The van der Waals surface area contributed by atoms with Crippen molar-refractivity contribution in [3.63, 3.8) is 0 Å². The number of methoxy groups -OCH3 is 3.